The van der Waals surface area contributed by atoms with Gasteiger partial charge in [-0.15, -0.1) is 0 Å². The molecular formula is C16H14N2O5. The fraction of sp³-hybridized carbons (Fsp3) is 0.375. The second-order valence-electron chi connectivity index (χ2n) is 6.37. The third-order valence-electron chi connectivity index (χ3n) is 4.98. The molecule has 4 atom stereocenters. The number of anilines is 1. The molecule has 4 rings (SSSR count). The summed E-state index contributed by atoms with van der Waals surface area (Å²) in [6.07, 6.45) is 3.24. The normalized spacial score (nSPS) is 34.3. The summed E-state index contributed by atoms with van der Waals surface area (Å²) in [5, 5.41) is 11.1. The quantitative estimate of drug-likeness (QED) is 0.359. The first-order chi connectivity index (χ1) is 10.8. The van der Waals surface area contributed by atoms with Crippen LogP contribution in [0.4, 0.5) is 11.4 Å². The van der Waals surface area contributed by atoms with Gasteiger partial charge in [0.05, 0.1) is 34.2 Å². The molecule has 3 aliphatic rings. The number of hydrogen-bond donors (Lipinski definition) is 0. The van der Waals surface area contributed by atoms with E-state index in [-0.39, 0.29) is 23.2 Å². The number of nitro groups is 1. The number of benzene rings is 1. The van der Waals surface area contributed by atoms with Crippen LogP contribution in [0.25, 0.3) is 0 Å². The lowest BCUT2D eigenvalue weighted by Gasteiger charge is -2.24. The Hall–Kier alpha value is -2.54. The molecule has 0 aromatic heterocycles. The molecule has 23 heavy (non-hydrogen) atoms. The van der Waals surface area contributed by atoms with Crippen molar-refractivity contribution in [2.75, 3.05) is 4.90 Å². The summed E-state index contributed by atoms with van der Waals surface area (Å²) in [5.74, 6) is -1.81. The van der Waals surface area contributed by atoms with Crippen LogP contribution in [0.1, 0.15) is 12.5 Å². The Balaban J connectivity index is 1.78. The van der Waals surface area contributed by atoms with Crippen LogP contribution in [0, 0.1) is 28.9 Å². The molecular weight excluding hydrogens is 300 g/mol. The number of nitro benzene ring substituents is 1. The van der Waals surface area contributed by atoms with E-state index in [0.29, 0.717) is 5.56 Å². The molecule has 2 saturated heterocycles. The Morgan fingerprint density at radius 1 is 1.30 bits per heavy atom. The van der Waals surface area contributed by atoms with Crippen LogP contribution in [0.2, 0.25) is 0 Å². The van der Waals surface area contributed by atoms with Crippen molar-refractivity contribution in [1.82, 2.24) is 0 Å². The number of rotatable bonds is 2. The van der Waals surface area contributed by atoms with Crippen LogP contribution in [-0.2, 0) is 14.3 Å². The van der Waals surface area contributed by atoms with E-state index in [0.717, 1.165) is 4.90 Å². The third-order valence-corrected chi connectivity index (χ3v) is 4.98. The first-order valence-corrected chi connectivity index (χ1v) is 7.33. The van der Waals surface area contributed by atoms with Crippen LogP contribution in [-0.4, -0.2) is 28.4 Å². The molecule has 118 valence electrons. The highest BCUT2D eigenvalue weighted by molar-refractivity contribution is 6.23. The standard InChI is InChI=1S/C16H14N2O5/c1-8-3-4-9(7-10(8)18(21)22)17-14(19)12-11-5-6-16(2,23-11)13(12)15(17)20/h3-7,11-13H,1-2H3/t11-,12+,13+,16+/m1/s1. The lowest BCUT2D eigenvalue weighted by atomic mass is 9.78. The number of carbonyl (C=O) groups is 2. The molecule has 0 N–H and O–H groups in total. The van der Waals surface area contributed by atoms with Crippen LogP contribution < -0.4 is 4.90 Å². The van der Waals surface area contributed by atoms with Crippen LogP contribution in [0.15, 0.2) is 30.4 Å². The average molecular weight is 314 g/mol. The summed E-state index contributed by atoms with van der Waals surface area (Å²) in [4.78, 5) is 37.2. The van der Waals surface area contributed by atoms with Gasteiger partial charge in [-0.05, 0) is 19.9 Å². The SMILES string of the molecule is Cc1ccc(N2C(=O)[C@@H]3[C@@H](C2=O)[C@]2(C)C=C[C@H]3O2)cc1[N+](=O)[O-]. The average Bonchev–Trinajstić information content (AvgIpc) is 3.09. The molecule has 2 bridgehead atoms. The van der Waals surface area contributed by atoms with E-state index < -0.39 is 28.5 Å². The molecule has 3 aliphatic heterocycles. The minimum atomic E-state index is -0.770. The zero-order chi connectivity index (χ0) is 16.5. The Morgan fingerprint density at radius 3 is 2.70 bits per heavy atom. The Labute approximate surface area is 131 Å². The van der Waals surface area contributed by atoms with Gasteiger partial charge in [0, 0.05) is 11.6 Å². The van der Waals surface area contributed by atoms with Gasteiger partial charge >= 0.3 is 0 Å². The van der Waals surface area contributed by atoms with Gasteiger partial charge in [-0.3, -0.25) is 19.7 Å². The van der Waals surface area contributed by atoms with Crippen molar-refractivity contribution in [1.29, 1.82) is 0 Å². The first-order valence-electron chi connectivity index (χ1n) is 7.33. The summed E-state index contributed by atoms with van der Waals surface area (Å²) < 4.78 is 5.75. The molecule has 1 aromatic carbocycles. The van der Waals surface area contributed by atoms with Crippen LogP contribution in [0.3, 0.4) is 0 Å². The van der Waals surface area contributed by atoms with E-state index in [1.54, 1.807) is 26.0 Å². The van der Waals surface area contributed by atoms with E-state index in [9.17, 15) is 19.7 Å². The maximum absolute atomic E-state index is 12.8. The molecule has 0 saturated carbocycles. The van der Waals surface area contributed by atoms with Gasteiger partial charge < -0.3 is 4.74 Å². The zero-order valence-electron chi connectivity index (χ0n) is 12.6. The van der Waals surface area contributed by atoms with Crippen molar-refractivity contribution >= 4 is 23.2 Å². The van der Waals surface area contributed by atoms with E-state index in [2.05, 4.69) is 0 Å². The van der Waals surface area contributed by atoms with Crippen molar-refractivity contribution in [3.8, 4) is 0 Å². The zero-order valence-corrected chi connectivity index (χ0v) is 12.6. The minimum Gasteiger partial charge on any atom is -0.362 e. The molecule has 0 radical (unpaired) electrons. The Bertz CT molecular complexity index is 802. The van der Waals surface area contributed by atoms with E-state index >= 15 is 0 Å². The lowest BCUT2D eigenvalue weighted by Crippen LogP contribution is -2.38. The van der Waals surface area contributed by atoms with Gasteiger partial charge in [0.25, 0.3) is 5.69 Å². The maximum Gasteiger partial charge on any atom is 0.274 e. The molecule has 0 spiro atoms. The number of imide groups is 1. The molecule has 0 unspecified atom stereocenters. The molecule has 0 aliphatic carbocycles. The highest BCUT2D eigenvalue weighted by Crippen LogP contribution is 2.52. The van der Waals surface area contributed by atoms with Gasteiger partial charge in [-0.1, -0.05) is 18.2 Å². The van der Waals surface area contributed by atoms with Crippen molar-refractivity contribution in [3.05, 3.63) is 46.0 Å². The van der Waals surface area contributed by atoms with Gasteiger partial charge in [-0.25, -0.2) is 4.90 Å². The summed E-state index contributed by atoms with van der Waals surface area (Å²) in [6, 6.07) is 4.40. The molecule has 7 heteroatoms. The first kappa shape index (κ1) is 14.1. The number of nitrogens with zero attached hydrogens (tertiary/aromatic N) is 2. The number of ether oxygens (including phenoxy) is 1. The fourth-order valence-corrected chi connectivity index (χ4v) is 3.84. The van der Waals surface area contributed by atoms with Crippen LogP contribution in [0.5, 0.6) is 0 Å². The Kier molecular flexibility index (Phi) is 2.61. The number of hydrogen-bond acceptors (Lipinski definition) is 5. The van der Waals surface area contributed by atoms with Crippen molar-refractivity contribution in [2.24, 2.45) is 11.8 Å². The number of carbonyl (C=O) groups excluding carboxylic acids is 2. The monoisotopic (exact) mass is 314 g/mol. The van der Waals surface area contributed by atoms with Crippen LogP contribution >= 0.6 is 0 Å². The summed E-state index contributed by atoms with van der Waals surface area (Å²) in [7, 11) is 0. The van der Waals surface area contributed by atoms with E-state index in [1.165, 1.54) is 6.07 Å². The largest absolute Gasteiger partial charge is 0.362 e. The van der Waals surface area contributed by atoms with Crippen molar-refractivity contribution in [3.63, 3.8) is 0 Å². The molecule has 2 amide bonds. The van der Waals surface area contributed by atoms with E-state index in [4.69, 9.17) is 4.74 Å². The van der Waals surface area contributed by atoms with Gasteiger partial charge in [-0.2, -0.15) is 0 Å². The lowest BCUT2D eigenvalue weighted by molar-refractivity contribution is -0.385. The molecule has 2 fully saturated rings. The highest BCUT2D eigenvalue weighted by Gasteiger charge is 2.66. The highest BCUT2D eigenvalue weighted by atomic mass is 16.6. The maximum atomic E-state index is 12.8. The fourth-order valence-electron chi connectivity index (χ4n) is 3.84. The van der Waals surface area contributed by atoms with Crippen molar-refractivity contribution in [2.45, 2.75) is 25.6 Å². The Morgan fingerprint density at radius 2 is 2.04 bits per heavy atom. The third kappa shape index (κ3) is 1.68. The van der Waals surface area contributed by atoms with Crippen molar-refractivity contribution < 1.29 is 19.2 Å². The van der Waals surface area contributed by atoms with Gasteiger partial charge in [0.1, 0.15) is 0 Å². The molecule has 3 heterocycles. The topological polar surface area (TPSA) is 89.8 Å². The summed E-state index contributed by atoms with van der Waals surface area (Å²) in [5.41, 5.74) is -0.151. The predicted octanol–water partition coefficient (Wildman–Crippen LogP) is 1.74. The number of amides is 2. The smallest absolute Gasteiger partial charge is 0.274 e. The van der Waals surface area contributed by atoms with E-state index in [1.807, 2.05) is 12.2 Å². The number of aryl methyl sites for hydroxylation is 1. The predicted molar refractivity (Wildman–Crippen MR) is 79.7 cm³/mol. The minimum absolute atomic E-state index is 0.108. The van der Waals surface area contributed by atoms with Gasteiger partial charge in [0.2, 0.25) is 11.8 Å². The second kappa shape index (κ2) is 4.26. The second-order valence-corrected chi connectivity index (χ2v) is 6.37. The summed E-state index contributed by atoms with van der Waals surface area (Å²) >= 11 is 0. The molecule has 1 aromatic rings. The molecule has 7 nitrogen and oxygen atoms in total. The summed E-state index contributed by atoms with van der Waals surface area (Å²) in [6.45, 7) is 3.41. The van der Waals surface area contributed by atoms with Gasteiger partial charge in [0.15, 0.2) is 0 Å². The number of fused-ring (bicyclic) bond motifs is 5.